The monoisotopic (exact) mass is 370 g/mol. The van der Waals surface area contributed by atoms with Crippen molar-refractivity contribution in [3.63, 3.8) is 0 Å². The highest BCUT2D eigenvalue weighted by molar-refractivity contribution is 6.30. The zero-order chi connectivity index (χ0) is 18.2. The fourth-order valence-corrected chi connectivity index (χ4v) is 5.38. The molecule has 2 saturated carbocycles. The summed E-state index contributed by atoms with van der Waals surface area (Å²) in [6, 6.07) is 5.92. The second kappa shape index (κ2) is 5.43. The molecule has 1 N–H and O–H groups in total. The first-order valence-corrected chi connectivity index (χ1v) is 9.47. The largest absolute Gasteiger partial charge is 0.324 e. The summed E-state index contributed by atoms with van der Waals surface area (Å²) in [6.45, 7) is 1.62. The summed E-state index contributed by atoms with van der Waals surface area (Å²) in [5.41, 5.74) is 0.589. The van der Waals surface area contributed by atoms with Crippen molar-refractivity contribution in [3.05, 3.63) is 41.4 Å². The van der Waals surface area contributed by atoms with E-state index in [1.54, 1.807) is 31.2 Å². The van der Waals surface area contributed by atoms with Gasteiger partial charge < -0.3 is 5.32 Å². The standard InChI is InChI=1S/C20H19ClN2O3/c1-9(18(24)22-11-4-2-10(21)3-5-11)23-19(25)16-12-6-7-13(15-8-14(12)15)17(16)20(23)26/h2-7,9,12-17H,8H2,1H3,(H,22,24)/t9-,12+,13+,14+,15+,16-,17-/m1/s1. The number of rotatable bonds is 3. The van der Waals surface area contributed by atoms with Crippen LogP contribution in [-0.4, -0.2) is 28.7 Å². The Labute approximate surface area is 156 Å². The molecule has 0 spiro atoms. The summed E-state index contributed by atoms with van der Waals surface area (Å²) in [5, 5.41) is 3.34. The number of likely N-dealkylation sites (tertiary alicyclic amines) is 1. The lowest BCUT2D eigenvalue weighted by Crippen LogP contribution is -2.46. The fraction of sp³-hybridized carbons (Fsp3) is 0.450. The predicted molar refractivity (Wildman–Crippen MR) is 96.1 cm³/mol. The van der Waals surface area contributed by atoms with Gasteiger partial charge in [0.1, 0.15) is 6.04 Å². The molecule has 1 aromatic rings. The summed E-state index contributed by atoms with van der Waals surface area (Å²) in [4.78, 5) is 39.9. The number of hydrogen-bond donors (Lipinski definition) is 1. The quantitative estimate of drug-likeness (QED) is 0.657. The number of carbonyl (C=O) groups excluding carboxylic acids is 3. The third kappa shape index (κ3) is 2.13. The van der Waals surface area contributed by atoms with Gasteiger partial charge in [-0.15, -0.1) is 0 Å². The molecule has 26 heavy (non-hydrogen) atoms. The van der Waals surface area contributed by atoms with Gasteiger partial charge in [-0.1, -0.05) is 23.8 Å². The molecule has 0 unspecified atom stereocenters. The van der Waals surface area contributed by atoms with Gasteiger partial charge in [0.15, 0.2) is 0 Å². The molecule has 6 rings (SSSR count). The molecule has 1 aromatic carbocycles. The fourth-order valence-electron chi connectivity index (χ4n) is 5.26. The highest BCUT2D eigenvalue weighted by Gasteiger charge is 2.67. The Morgan fingerprint density at radius 3 is 2.15 bits per heavy atom. The maximum absolute atomic E-state index is 13.0. The van der Waals surface area contributed by atoms with E-state index in [0.29, 0.717) is 22.5 Å². The predicted octanol–water partition coefficient (Wildman–Crippen LogP) is 2.72. The summed E-state index contributed by atoms with van der Waals surface area (Å²) < 4.78 is 0. The number of nitrogens with one attached hydrogen (secondary N) is 1. The molecular formula is C20H19ClN2O3. The number of anilines is 1. The van der Waals surface area contributed by atoms with Gasteiger partial charge in [-0.3, -0.25) is 19.3 Å². The van der Waals surface area contributed by atoms with Crippen molar-refractivity contribution >= 4 is 35.0 Å². The minimum Gasteiger partial charge on any atom is -0.324 e. The molecular weight excluding hydrogens is 352 g/mol. The van der Waals surface area contributed by atoms with Crippen LogP contribution in [0.2, 0.25) is 5.02 Å². The number of carbonyl (C=O) groups is 3. The molecule has 134 valence electrons. The molecule has 3 amide bonds. The lowest BCUT2D eigenvalue weighted by molar-refractivity contribution is -0.146. The molecule has 5 nitrogen and oxygen atoms in total. The third-order valence-electron chi connectivity index (χ3n) is 6.58. The summed E-state index contributed by atoms with van der Waals surface area (Å²) in [6.07, 6.45) is 5.39. The van der Waals surface area contributed by atoms with E-state index in [2.05, 4.69) is 17.5 Å². The van der Waals surface area contributed by atoms with Gasteiger partial charge in [0.05, 0.1) is 11.8 Å². The van der Waals surface area contributed by atoms with E-state index in [1.807, 2.05) is 0 Å². The maximum atomic E-state index is 13.0. The van der Waals surface area contributed by atoms with Crippen LogP contribution in [0, 0.1) is 35.5 Å². The van der Waals surface area contributed by atoms with Crippen LogP contribution < -0.4 is 5.32 Å². The van der Waals surface area contributed by atoms with Crippen molar-refractivity contribution in [1.82, 2.24) is 4.90 Å². The van der Waals surface area contributed by atoms with Gasteiger partial charge in [-0.25, -0.2) is 0 Å². The second-order valence-electron chi connectivity index (χ2n) is 7.87. The van der Waals surface area contributed by atoms with Crippen LogP contribution in [0.1, 0.15) is 13.3 Å². The van der Waals surface area contributed by atoms with E-state index in [0.717, 1.165) is 6.42 Å². The van der Waals surface area contributed by atoms with Crippen molar-refractivity contribution < 1.29 is 14.4 Å². The van der Waals surface area contributed by atoms with Crippen LogP contribution >= 0.6 is 11.6 Å². The van der Waals surface area contributed by atoms with Crippen molar-refractivity contribution in [2.75, 3.05) is 5.32 Å². The Bertz CT molecular complexity index is 813. The third-order valence-corrected chi connectivity index (χ3v) is 6.83. The SMILES string of the molecule is C[C@H](C(=O)Nc1ccc(Cl)cc1)N1C(=O)[C@@H]2[C@H]3C=C[C@@H]([C@@H]4C[C@@H]34)[C@H]2C1=O. The molecule has 3 fully saturated rings. The Morgan fingerprint density at radius 1 is 1.08 bits per heavy atom. The zero-order valence-electron chi connectivity index (χ0n) is 14.3. The number of imide groups is 1. The first kappa shape index (κ1) is 16.1. The van der Waals surface area contributed by atoms with E-state index < -0.39 is 6.04 Å². The van der Waals surface area contributed by atoms with Gasteiger partial charge in [-0.05, 0) is 61.3 Å². The average molecular weight is 371 g/mol. The van der Waals surface area contributed by atoms with E-state index in [1.165, 1.54) is 4.90 Å². The summed E-state index contributed by atoms with van der Waals surface area (Å²) >= 11 is 5.85. The highest BCUT2D eigenvalue weighted by atomic mass is 35.5. The lowest BCUT2D eigenvalue weighted by Gasteiger charge is -2.37. The van der Waals surface area contributed by atoms with E-state index >= 15 is 0 Å². The first-order chi connectivity index (χ1) is 12.5. The van der Waals surface area contributed by atoms with Crippen LogP contribution in [0.15, 0.2) is 36.4 Å². The molecule has 0 radical (unpaired) electrons. The topological polar surface area (TPSA) is 66.5 Å². The Morgan fingerprint density at radius 2 is 1.62 bits per heavy atom. The van der Waals surface area contributed by atoms with Crippen LogP contribution in [-0.2, 0) is 14.4 Å². The minimum atomic E-state index is -0.827. The molecule has 5 aliphatic rings. The number of nitrogens with zero attached hydrogens (tertiary/aromatic N) is 1. The maximum Gasteiger partial charge on any atom is 0.247 e. The van der Waals surface area contributed by atoms with Gasteiger partial charge in [0.2, 0.25) is 17.7 Å². The highest BCUT2D eigenvalue weighted by Crippen LogP contribution is 2.65. The number of halogens is 1. The number of allylic oxidation sites excluding steroid dienone is 2. The van der Waals surface area contributed by atoms with Crippen molar-refractivity contribution in [1.29, 1.82) is 0 Å². The molecule has 0 aromatic heterocycles. The van der Waals surface area contributed by atoms with Crippen molar-refractivity contribution in [3.8, 4) is 0 Å². The first-order valence-electron chi connectivity index (χ1n) is 9.09. The van der Waals surface area contributed by atoms with E-state index in [-0.39, 0.29) is 41.4 Å². The number of amides is 3. The van der Waals surface area contributed by atoms with Crippen molar-refractivity contribution in [2.45, 2.75) is 19.4 Å². The van der Waals surface area contributed by atoms with Crippen LogP contribution in [0.25, 0.3) is 0 Å². The van der Waals surface area contributed by atoms with Crippen molar-refractivity contribution in [2.24, 2.45) is 35.5 Å². The smallest absolute Gasteiger partial charge is 0.247 e. The Balaban J connectivity index is 1.37. The van der Waals surface area contributed by atoms with E-state index in [4.69, 9.17) is 11.6 Å². The normalized spacial score (nSPS) is 37.4. The van der Waals surface area contributed by atoms with Crippen LogP contribution in [0.5, 0.6) is 0 Å². The molecule has 2 bridgehead atoms. The summed E-state index contributed by atoms with van der Waals surface area (Å²) in [7, 11) is 0. The molecule has 1 aliphatic heterocycles. The average Bonchev–Trinajstić information content (AvgIpc) is 3.41. The lowest BCUT2D eigenvalue weighted by atomic mass is 9.63. The molecule has 4 aliphatic carbocycles. The molecule has 1 saturated heterocycles. The summed E-state index contributed by atoms with van der Waals surface area (Å²) in [5.74, 6) is 0.192. The van der Waals surface area contributed by atoms with Crippen LogP contribution in [0.4, 0.5) is 5.69 Å². The van der Waals surface area contributed by atoms with Gasteiger partial charge >= 0.3 is 0 Å². The van der Waals surface area contributed by atoms with Crippen LogP contribution in [0.3, 0.4) is 0 Å². The minimum absolute atomic E-state index is 0.169. The molecule has 6 heteroatoms. The Hall–Kier alpha value is -2.14. The molecule has 1 heterocycles. The van der Waals surface area contributed by atoms with Gasteiger partial charge in [0.25, 0.3) is 0 Å². The van der Waals surface area contributed by atoms with Gasteiger partial charge in [0, 0.05) is 10.7 Å². The number of hydrogen-bond acceptors (Lipinski definition) is 3. The number of benzene rings is 1. The molecule has 7 atom stereocenters. The van der Waals surface area contributed by atoms with Gasteiger partial charge in [-0.2, -0.15) is 0 Å². The second-order valence-corrected chi connectivity index (χ2v) is 8.31. The Kier molecular flexibility index (Phi) is 3.35. The zero-order valence-corrected chi connectivity index (χ0v) is 15.0. The van der Waals surface area contributed by atoms with E-state index in [9.17, 15) is 14.4 Å².